The average molecular weight is 513 g/mol. The molecule has 37 heavy (non-hydrogen) atoms. The van der Waals surface area contributed by atoms with Gasteiger partial charge in [-0.25, -0.2) is 14.4 Å². The summed E-state index contributed by atoms with van der Waals surface area (Å²) in [7, 11) is 0. The number of nitrogens with zero attached hydrogens (tertiary/aromatic N) is 6. The summed E-state index contributed by atoms with van der Waals surface area (Å²) in [6.45, 7) is 4.27. The quantitative estimate of drug-likeness (QED) is 0.366. The zero-order valence-corrected chi connectivity index (χ0v) is 20.3. The third-order valence-corrected chi connectivity index (χ3v) is 6.93. The number of piperidine rings is 1. The molecular formula is C26H24F4N6O. The zero-order chi connectivity index (χ0) is 26.3. The highest BCUT2D eigenvalue weighted by molar-refractivity contribution is 5.75. The predicted molar refractivity (Wildman–Crippen MR) is 130 cm³/mol. The Morgan fingerprint density at radius 2 is 1.65 bits per heavy atom. The Kier molecular flexibility index (Phi) is 6.38. The van der Waals surface area contributed by atoms with Crippen LogP contribution in [0.1, 0.15) is 46.8 Å². The van der Waals surface area contributed by atoms with Crippen LogP contribution in [0.15, 0.2) is 47.8 Å². The number of aryl methyl sites for hydroxylation is 2. The molecule has 0 radical (unpaired) electrons. The van der Waals surface area contributed by atoms with E-state index in [2.05, 4.69) is 19.9 Å². The van der Waals surface area contributed by atoms with Crippen molar-refractivity contribution < 1.29 is 17.6 Å². The monoisotopic (exact) mass is 512 g/mol. The summed E-state index contributed by atoms with van der Waals surface area (Å²) in [5.41, 5.74) is 1.23. The van der Waals surface area contributed by atoms with E-state index in [4.69, 9.17) is 0 Å². The van der Waals surface area contributed by atoms with Crippen LogP contribution >= 0.6 is 0 Å². The van der Waals surface area contributed by atoms with E-state index in [1.807, 2.05) is 17.9 Å². The number of pyridine rings is 1. The van der Waals surface area contributed by atoms with Gasteiger partial charge in [-0.2, -0.15) is 13.2 Å². The fourth-order valence-corrected chi connectivity index (χ4v) is 5.23. The summed E-state index contributed by atoms with van der Waals surface area (Å²) >= 11 is 0. The molecule has 3 aromatic heterocycles. The minimum absolute atomic E-state index is 0.169. The Labute approximate surface area is 209 Å². The number of benzene rings is 1. The number of hydrogen-bond donors (Lipinski definition) is 0. The number of alkyl halides is 3. The van der Waals surface area contributed by atoms with Crippen molar-refractivity contribution in [2.75, 3.05) is 18.0 Å². The molecule has 1 aliphatic heterocycles. The summed E-state index contributed by atoms with van der Waals surface area (Å²) < 4.78 is 56.5. The lowest BCUT2D eigenvalue weighted by molar-refractivity contribution is -0.142. The summed E-state index contributed by atoms with van der Waals surface area (Å²) in [6, 6.07) is 4.96. The van der Waals surface area contributed by atoms with Crippen LogP contribution in [-0.2, 0) is 12.7 Å². The van der Waals surface area contributed by atoms with Crippen LogP contribution in [0.5, 0.6) is 0 Å². The Hall–Kier alpha value is -3.89. The van der Waals surface area contributed by atoms with Crippen molar-refractivity contribution in [3.8, 4) is 0 Å². The first-order valence-corrected chi connectivity index (χ1v) is 11.9. The Morgan fingerprint density at radius 1 is 0.973 bits per heavy atom. The molecule has 11 heteroatoms. The lowest BCUT2D eigenvalue weighted by Gasteiger charge is -2.35. The van der Waals surface area contributed by atoms with Crippen LogP contribution in [0.25, 0.3) is 11.2 Å². The maximum absolute atomic E-state index is 14.5. The minimum atomic E-state index is -4.72. The SMILES string of the molecule is Cc1cccc(F)c1N1CCC(c2c(C)c3nccnc3n(Cc3nccnc3C(F)(F)F)c2=O)CC1. The van der Waals surface area contributed by atoms with Crippen molar-refractivity contribution in [1.82, 2.24) is 24.5 Å². The van der Waals surface area contributed by atoms with Gasteiger partial charge in [0.05, 0.1) is 17.9 Å². The fourth-order valence-electron chi connectivity index (χ4n) is 5.23. The summed E-state index contributed by atoms with van der Waals surface area (Å²) in [5.74, 6) is -0.458. The lowest BCUT2D eigenvalue weighted by Crippen LogP contribution is -2.37. The number of aromatic nitrogens is 5. The first kappa shape index (κ1) is 24.8. The van der Waals surface area contributed by atoms with Crippen LogP contribution in [0.3, 0.4) is 0 Å². The van der Waals surface area contributed by atoms with Crippen LogP contribution in [-0.4, -0.2) is 37.6 Å². The van der Waals surface area contributed by atoms with Crippen LogP contribution < -0.4 is 10.5 Å². The molecule has 0 bridgehead atoms. The number of anilines is 1. The van der Waals surface area contributed by atoms with Gasteiger partial charge in [-0.1, -0.05) is 12.1 Å². The number of hydrogen-bond acceptors (Lipinski definition) is 6. The van der Waals surface area contributed by atoms with E-state index in [0.717, 1.165) is 11.8 Å². The summed E-state index contributed by atoms with van der Waals surface area (Å²) in [4.78, 5) is 31.8. The molecule has 1 aromatic carbocycles. The van der Waals surface area contributed by atoms with Gasteiger partial charge in [0, 0.05) is 43.4 Å². The van der Waals surface area contributed by atoms with Gasteiger partial charge in [0.25, 0.3) is 5.56 Å². The van der Waals surface area contributed by atoms with Crippen molar-refractivity contribution in [3.05, 3.63) is 87.2 Å². The van der Waals surface area contributed by atoms with Gasteiger partial charge >= 0.3 is 6.18 Å². The maximum atomic E-state index is 14.5. The van der Waals surface area contributed by atoms with Crippen molar-refractivity contribution in [2.24, 2.45) is 0 Å². The second-order valence-corrected chi connectivity index (χ2v) is 9.17. The average Bonchev–Trinajstić information content (AvgIpc) is 2.87. The van der Waals surface area contributed by atoms with E-state index < -0.39 is 24.0 Å². The molecule has 1 fully saturated rings. The lowest BCUT2D eigenvalue weighted by atomic mass is 9.87. The molecule has 4 aromatic rings. The van der Waals surface area contributed by atoms with Gasteiger partial charge in [0.2, 0.25) is 0 Å². The van der Waals surface area contributed by atoms with Crippen molar-refractivity contribution >= 4 is 16.9 Å². The molecule has 1 aliphatic rings. The zero-order valence-electron chi connectivity index (χ0n) is 20.3. The van der Waals surface area contributed by atoms with E-state index in [1.165, 1.54) is 29.2 Å². The third kappa shape index (κ3) is 4.54. The van der Waals surface area contributed by atoms with Gasteiger partial charge < -0.3 is 4.90 Å². The van der Waals surface area contributed by atoms with Crippen molar-refractivity contribution in [1.29, 1.82) is 0 Å². The summed E-state index contributed by atoms with van der Waals surface area (Å²) in [5, 5.41) is 0. The molecule has 0 saturated carbocycles. The first-order valence-electron chi connectivity index (χ1n) is 11.9. The molecule has 4 heterocycles. The highest BCUT2D eigenvalue weighted by Crippen LogP contribution is 2.35. The maximum Gasteiger partial charge on any atom is 0.435 e. The van der Waals surface area contributed by atoms with Gasteiger partial charge in [-0.05, 0) is 49.8 Å². The number of rotatable bonds is 4. The van der Waals surface area contributed by atoms with Gasteiger partial charge in [-0.15, -0.1) is 0 Å². The van der Waals surface area contributed by atoms with Crippen molar-refractivity contribution in [3.63, 3.8) is 0 Å². The van der Waals surface area contributed by atoms with Crippen LogP contribution in [0.2, 0.25) is 0 Å². The molecule has 0 aliphatic carbocycles. The highest BCUT2D eigenvalue weighted by atomic mass is 19.4. The molecule has 7 nitrogen and oxygen atoms in total. The molecule has 0 N–H and O–H groups in total. The number of halogens is 4. The van der Waals surface area contributed by atoms with E-state index in [0.29, 0.717) is 48.3 Å². The second kappa shape index (κ2) is 9.53. The molecule has 0 unspecified atom stereocenters. The Morgan fingerprint density at radius 3 is 2.35 bits per heavy atom. The largest absolute Gasteiger partial charge is 0.435 e. The minimum Gasteiger partial charge on any atom is -0.369 e. The van der Waals surface area contributed by atoms with E-state index in [9.17, 15) is 22.4 Å². The second-order valence-electron chi connectivity index (χ2n) is 9.17. The van der Waals surface area contributed by atoms with E-state index in [1.54, 1.807) is 13.0 Å². The van der Waals surface area contributed by atoms with E-state index in [-0.39, 0.29) is 23.1 Å². The molecular weight excluding hydrogens is 488 g/mol. The Balaban J connectivity index is 1.55. The molecule has 0 atom stereocenters. The highest BCUT2D eigenvalue weighted by Gasteiger charge is 2.36. The van der Waals surface area contributed by atoms with Crippen molar-refractivity contribution in [2.45, 2.75) is 45.3 Å². The fraction of sp³-hybridized carbons (Fsp3) is 0.346. The standard InChI is InChI=1S/C26H24F4N6O/c1-15-4-3-5-18(27)22(15)35-12-6-17(7-13-35)20-16(2)21-24(34-11-9-32-21)36(25(20)37)14-19-23(26(28,29)30)33-10-8-31-19/h3-5,8-11,17H,6-7,12-14H2,1-2H3. The molecule has 0 amide bonds. The van der Waals surface area contributed by atoms with Crippen LogP contribution in [0, 0.1) is 19.7 Å². The van der Waals surface area contributed by atoms with E-state index >= 15 is 0 Å². The normalized spacial score (nSPS) is 14.9. The van der Waals surface area contributed by atoms with Gasteiger partial charge in [0.1, 0.15) is 11.3 Å². The summed E-state index contributed by atoms with van der Waals surface area (Å²) in [6.07, 6.45) is 1.45. The van der Waals surface area contributed by atoms with Crippen LogP contribution in [0.4, 0.5) is 23.2 Å². The first-order chi connectivity index (χ1) is 17.7. The predicted octanol–water partition coefficient (Wildman–Crippen LogP) is 4.79. The smallest absolute Gasteiger partial charge is 0.369 e. The third-order valence-electron chi connectivity index (χ3n) is 6.93. The van der Waals surface area contributed by atoms with Gasteiger partial charge in [-0.3, -0.25) is 19.3 Å². The molecule has 1 saturated heterocycles. The van der Waals surface area contributed by atoms with Gasteiger partial charge in [0.15, 0.2) is 11.3 Å². The number of fused-ring (bicyclic) bond motifs is 1. The molecule has 5 rings (SSSR count). The molecule has 192 valence electrons. The molecule has 0 spiro atoms. The topological polar surface area (TPSA) is 76.8 Å². The Bertz CT molecular complexity index is 1510. The number of para-hydroxylation sites is 1.